The van der Waals surface area contributed by atoms with Crippen LogP contribution in [0.25, 0.3) is 10.9 Å². The number of Topliss-reactive ketones (excluding diaryl/α,β-unsaturated/α-hetero) is 1. The Morgan fingerprint density at radius 2 is 1.77 bits per heavy atom. The van der Waals surface area contributed by atoms with E-state index >= 15 is 0 Å². The second kappa shape index (κ2) is 8.06. The van der Waals surface area contributed by atoms with Crippen molar-refractivity contribution in [2.45, 2.75) is 39.2 Å². The molecular formula is C24H22N2O4. The van der Waals surface area contributed by atoms with Gasteiger partial charge in [-0.25, -0.2) is 4.79 Å². The molecule has 1 aromatic heterocycles. The number of fused-ring (bicyclic) bond motifs is 2. The summed E-state index contributed by atoms with van der Waals surface area (Å²) in [6, 6.07) is 14.0. The van der Waals surface area contributed by atoms with Crippen molar-refractivity contribution in [3.05, 3.63) is 70.9 Å². The van der Waals surface area contributed by atoms with Gasteiger partial charge in [-0.2, -0.15) is 0 Å². The number of hydrogen-bond donors (Lipinski definition) is 1. The average Bonchev–Trinajstić information content (AvgIpc) is 3.19. The molecule has 30 heavy (non-hydrogen) atoms. The molecule has 6 heteroatoms. The molecule has 1 atom stereocenters. The van der Waals surface area contributed by atoms with E-state index in [1.165, 1.54) is 6.92 Å². The van der Waals surface area contributed by atoms with Crippen molar-refractivity contribution in [1.82, 2.24) is 4.98 Å². The molecule has 1 amide bonds. The van der Waals surface area contributed by atoms with Crippen LogP contribution in [0.4, 0.5) is 5.69 Å². The molecule has 2 aromatic carbocycles. The number of ketones is 1. The third-order valence-corrected chi connectivity index (χ3v) is 5.27. The molecule has 6 nitrogen and oxygen atoms in total. The highest BCUT2D eigenvalue weighted by molar-refractivity contribution is 6.07. The third-order valence-electron chi connectivity index (χ3n) is 5.27. The van der Waals surface area contributed by atoms with E-state index in [1.807, 2.05) is 24.3 Å². The van der Waals surface area contributed by atoms with Crippen LogP contribution in [0.3, 0.4) is 0 Å². The van der Waals surface area contributed by atoms with Gasteiger partial charge in [0.15, 0.2) is 6.10 Å². The highest BCUT2D eigenvalue weighted by Crippen LogP contribution is 2.30. The van der Waals surface area contributed by atoms with Crippen LogP contribution in [0.2, 0.25) is 0 Å². The molecule has 0 unspecified atom stereocenters. The van der Waals surface area contributed by atoms with Crippen molar-refractivity contribution < 1.29 is 19.1 Å². The summed E-state index contributed by atoms with van der Waals surface area (Å²) in [6.07, 6.45) is 1.64. The number of pyridine rings is 1. The highest BCUT2D eigenvalue weighted by atomic mass is 16.5. The summed E-state index contributed by atoms with van der Waals surface area (Å²) < 4.78 is 5.59. The molecule has 0 saturated heterocycles. The van der Waals surface area contributed by atoms with Gasteiger partial charge in [0.2, 0.25) is 11.7 Å². The number of aryl methyl sites for hydroxylation is 1. The lowest BCUT2D eigenvalue weighted by Crippen LogP contribution is -2.25. The Morgan fingerprint density at radius 1 is 1.03 bits per heavy atom. The average molecular weight is 402 g/mol. The largest absolute Gasteiger partial charge is 0.451 e. The van der Waals surface area contributed by atoms with Gasteiger partial charge in [0, 0.05) is 29.3 Å². The van der Waals surface area contributed by atoms with E-state index < -0.39 is 12.1 Å². The molecule has 1 aliphatic rings. The second-order valence-electron chi connectivity index (χ2n) is 7.45. The molecule has 1 aliphatic carbocycles. The number of esters is 1. The molecule has 0 fully saturated rings. The fourth-order valence-corrected chi connectivity index (χ4v) is 3.87. The van der Waals surface area contributed by atoms with E-state index in [0.717, 1.165) is 41.4 Å². The van der Waals surface area contributed by atoms with Crippen molar-refractivity contribution in [1.29, 1.82) is 0 Å². The van der Waals surface area contributed by atoms with Gasteiger partial charge >= 0.3 is 5.97 Å². The predicted octanol–water partition coefficient (Wildman–Crippen LogP) is 4.11. The normalized spacial score (nSPS) is 13.5. The molecule has 1 heterocycles. The summed E-state index contributed by atoms with van der Waals surface area (Å²) in [5.41, 5.74) is 4.16. The monoisotopic (exact) mass is 402 g/mol. The van der Waals surface area contributed by atoms with Gasteiger partial charge in [0.25, 0.3) is 0 Å². The second-order valence-corrected chi connectivity index (χ2v) is 7.45. The fourth-order valence-electron chi connectivity index (χ4n) is 3.87. The number of hydrogen-bond acceptors (Lipinski definition) is 5. The van der Waals surface area contributed by atoms with Crippen LogP contribution < -0.4 is 5.32 Å². The Bertz CT molecular complexity index is 1150. The van der Waals surface area contributed by atoms with Crippen LogP contribution in [0.1, 0.15) is 52.2 Å². The number of nitrogens with zero attached hydrogens (tertiary/aromatic N) is 1. The number of benzene rings is 2. The zero-order chi connectivity index (χ0) is 21.3. The van der Waals surface area contributed by atoms with Gasteiger partial charge in [-0.15, -0.1) is 0 Å². The van der Waals surface area contributed by atoms with Crippen LogP contribution >= 0.6 is 0 Å². The lowest BCUT2D eigenvalue weighted by Gasteiger charge is -2.16. The van der Waals surface area contributed by atoms with E-state index in [2.05, 4.69) is 10.3 Å². The van der Waals surface area contributed by atoms with Gasteiger partial charge in [-0.3, -0.25) is 14.6 Å². The van der Waals surface area contributed by atoms with Crippen LogP contribution in [0.15, 0.2) is 48.5 Å². The summed E-state index contributed by atoms with van der Waals surface area (Å²) in [4.78, 5) is 41.7. The maximum atomic E-state index is 13.1. The van der Waals surface area contributed by atoms with Gasteiger partial charge in [0.1, 0.15) is 0 Å². The van der Waals surface area contributed by atoms with E-state index in [0.29, 0.717) is 16.8 Å². The first-order chi connectivity index (χ1) is 14.4. The number of nitrogens with one attached hydrogen (secondary N) is 1. The van der Waals surface area contributed by atoms with E-state index in [4.69, 9.17) is 4.74 Å². The fraction of sp³-hybridized carbons (Fsp3) is 0.250. The molecule has 1 N–H and O–H groups in total. The van der Waals surface area contributed by atoms with Crippen molar-refractivity contribution in [3.63, 3.8) is 0 Å². The van der Waals surface area contributed by atoms with Crippen LogP contribution in [0, 0.1) is 0 Å². The number of rotatable bonds is 5. The zero-order valence-electron chi connectivity index (χ0n) is 16.9. The smallest absolute Gasteiger partial charge is 0.339 e. The quantitative estimate of drug-likeness (QED) is 0.513. The first-order valence-corrected chi connectivity index (χ1v) is 9.97. The van der Waals surface area contributed by atoms with Gasteiger partial charge in [0.05, 0.1) is 11.1 Å². The summed E-state index contributed by atoms with van der Waals surface area (Å²) in [5, 5.41) is 3.41. The van der Waals surface area contributed by atoms with E-state index in [1.54, 1.807) is 31.2 Å². The highest BCUT2D eigenvalue weighted by Gasteiger charge is 2.27. The summed E-state index contributed by atoms with van der Waals surface area (Å²) >= 11 is 0. The number of carbonyl (C=O) groups is 3. The number of para-hydroxylation sites is 1. The molecule has 0 spiro atoms. The molecule has 4 rings (SSSR count). The number of ether oxygens (including phenoxy) is 1. The molecule has 0 bridgehead atoms. The van der Waals surface area contributed by atoms with E-state index in [9.17, 15) is 14.4 Å². The van der Waals surface area contributed by atoms with Crippen molar-refractivity contribution in [2.24, 2.45) is 0 Å². The predicted molar refractivity (Wildman–Crippen MR) is 114 cm³/mol. The van der Waals surface area contributed by atoms with Crippen LogP contribution in [-0.2, 0) is 22.4 Å². The first kappa shape index (κ1) is 19.8. The number of aromatic nitrogens is 1. The van der Waals surface area contributed by atoms with Gasteiger partial charge in [-0.05, 0) is 62.1 Å². The Kier molecular flexibility index (Phi) is 5.31. The van der Waals surface area contributed by atoms with Crippen LogP contribution in [0.5, 0.6) is 0 Å². The minimum Gasteiger partial charge on any atom is -0.451 e. The lowest BCUT2D eigenvalue weighted by molar-refractivity contribution is -0.114. The minimum atomic E-state index is -0.937. The number of carbonyl (C=O) groups excluding carboxylic acids is 3. The van der Waals surface area contributed by atoms with Crippen LogP contribution in [-0.4, -0.2) is 28.7 Å². The first-order valence-electron chi connectivity index (χ1n) is 9.97. The van der Waals surface area contributed by atoms with E-state index in [-0.39, 0.29) is 11.7 Å². The molecule has 152 valence electrons. The Hall–Kier alpha value is -3.54. The van der Waals surface area contributed by atoms with Crippen molar-refractivity contribution in [3.8, 4) is 0 Å². The molecule has 3 aromatic rings. The SMILES string of the molecule is CC(=O)Nc1ccc(C(=O)[C@H](C)OC(=O)c2c3c(nc4ccccc24)CCC3)cc1. The van der Waals surface area contributed by atoms with Crippen molar-refractivity contribution in [2.75, 3.05) is 5.32 Å². The summed E-state index contributed by atoms with van der Waals surface area (Å²) in [5.74, 6) is -0.983. The third kappa shape index (κ3) is 3.81. The Labute approximate surface area is 174 Å². The Balaban J connectivity index is 1.57. The molecule has 0 radical (unpaired) electrons. The minimum absolute atomic E-state index is 0.187. The Morgan fingerprint density at radius 3 is 2.50 bits per heavy atom. The molecular weight excluding hydrogens is 380 g/mol. The number of anilines is 1. The molecule has 0 aliphatic heterocycles. The number of amides is 1. The summed E-state index contributed by atoms with van der Waals surface area (Å²) in [6.45, 7) is 2.99. The van der Waals surface area contributed by atoms with Gasteiger partial charge in [-0.1, -0.05) is 18.2 Å². The zero-order valence-corrected chi connectivity index (χ0v) is 16.9. The molecule has 0 saturated carbocycles. The topological polar surface area (TPSA) is 85.4 Å². The van der Waals surface area contributed by atoms with Gasteiger partial charge < -0.3 is 10.1 Å². The van der Waals surface area contributed by atoms with Crippen molar-refractivity contribution >= 4 is 34.3 Å². The lowest BCUT2D eigenvalue weighted by atomic mass is 10.0. The standard InChI is InChI=1S/C24H22N2O4/c1-14(23(28)16-10-12-17(13-11-16)25-15(2)27)30-24(29)22-18-6-3-4-8-20(18)26-21-9-5-7-19(21)22/h3-4,6,8,10-14H,5,7,9H2,1-2H3,(H,25,27)/t14-/m0/s1. The maximum Gasteiger partial charge on any atom is 0.339 e. The maximum absolute atomic E-state index is 13.1. The summed E-state index contributed by atoms with van der Waals surface area (Å²) in [7, 11) is 0.